The highest BCUT2D eigenvalue weighted by Gasteiger charge is 2.50. The Kier molecular flexibility index (Phi) is 18.4. The van der Waals surface area contributed by atoms with Gasteiger partial charge in [0.2, 0.25) is 0 Å². The van der Waals surface area contributed by atoms with E-state index in [0.717, 1.165) is 86.1 Å². The largest absolute Gasteiger partial charge is 0.206 e. The molecule has 1 aliphatic rings. The van der Waals surface area contributed by atoms with Gasteiger partial charge in [-0.15, -0.1) is 79.4 Å². The third-order valence-corrected chi connectivity index (χ3v) is 27.8. The van der Waals surface area contributed by atoms with Crippen molar-refractivity contribution in [1.29, 1.82) is 0 Å². The molecular weight excluding hydrogens is 1190 g/mol. The van der Waals surface area contributed by atoms with E-state index in [9.17, 15) is 0 Å². The van der Waals surface area contributed by atoms with Crippen molar-refractivity contribution < 1.29 is 8.78 Å². The van der Waals surface area contributed by atoms with Crippen molar-refractivity contribution in [2.24, 2.45) is 23.7 Å². The zero-order valence-electron chi connectivity index (χ0n) is 48.8. The van der Waals surface area contributed by atoms with E-state index in [1.165, 1.54) is 172 Å². The summed E-state index contributed by atoms with van der Waals surface area (Å²) < 4.78 is 62.1. The smallest absolute Gasteiger partial charge is 0.134 e. The van der Waals surface area contributed by atoms with Crippen LogP contribution in [-0.4, -0.2) is 17.5 Å². The van der Waals surface area contributed by atoms with Crippen LogP contribution in [0.15, 0.2) is 48.5 Å². The minimum atomic E-state index is -0.300. The van der Waals surface area contributed by atoms with Gasteiger partial charge in [-0.1, -0.05) is 158 Å². The zero-order chi connectivity index (χ0) is 56.8. The molecule has 82 heavy (non-hydrogen) atoms. The molecule has 0 aliphatic heterocycles. The molecule has 1 aliphatic carbocycles. The van der Waals surface area contributed by atoms with Crippen molar-refractivity contribution in [1.82, 2.24) is 17.5 Å². The quantitative estimate of drug-likeness (QED) is 0.0490. The lowest BCUT2D eigenvalue weighted by Crippen LogP contribution is -2.31. The van der Waals surface area contributed by atoms with Gasteiger partial charge in [-0.25, -0.2) is 8.78 Å². The fraction of sp³-hybridized carbons (Fsp3) is 0.493. The molecule has 0 saturated heterocycles. The average molecular weight is 1260 g/mol. The van der Waals surface area contributed by atoms with Gasteiger partial charge < -0.3 is 0 Å². The predicted octanol–water partition coefficient (Wildman–Crippen LogP) is 25.5. The molecule has 0 bridgehead atoms. The monoisotopic (exact) mass is 1260 g/mol. The molecule has 9 heterocycles. The lowest BCUT2D eigenvalue weighted by atomic mass is 9.65. The molecule has 0 fully saturated rings. The van der Waals surface area contributed by atoms with Crippen LogP contribution in [0.1, 0.15) is 192 Å². The summed E-state index contributed by atoms with van der Waals surface area (Å²) in [5, 5.41) is 0. The first-order valence-corrected chi connectivity index (χ1v) is 37.9. The Morgan fingerprint density at radius 2 is 0.841 bits per heavy atom. The van der Waals surface area contributed by atoms with E-state index in [-0.39, 0.29) is 17.0 Å². The number of hydrogen-bond donors (Lipinski definition) is 0. The molecule has 0 amide bonds. The Balaban J connectivity index is 0.946. The van der Waals surface area contributed by atoms with Crippen LogP contribution < -0.4 is 0 Å². The highest BCUT2D eigenvalue weighted by molar-refractivity contribution is 7.33. The molecule has 11 aromatic rings. The van der Waals surface area contributed by atoms with Crippen molar-refractivity contribution in [2.45, 2.75) is 189 Å². The number of unbranched alkanes of at least 4 members (excludes halogenated alkanes) is 4. The fourth-order valence-electron chi connectivity index (χ4n) is 13.5. The van der Waals surface area contributed by atoms with E-state index in [1.807, 2.05) is 34.0 Å². The lowest BCUT2D eigenvalue weighted by Gasteiger charge is -2.38. The molecule has 432 valence electrons. The lowest BCUT2D eigenvalue weighted by molar-refractivity contribution is 0.268. The summed E-state index contributed by atoms with van der Waals surface area (Å²) in [5.41, 5.74) is 8.17. The molecular formula is C67H76F2N4S9. The summed E-state index contributed by atoms with van der Waals surface area (Å²) in [6, 6.07) is 17.4. The first-order valence-electron chi connectivity index (χ1n) is 30.7. The maximum Gasteiger partial charge on any atom is 0.134 e. The minimum absolute atomic E-state index is 0.233. The van der Waals surface area contributed by atoms with E-state index in [2.05, 4.69) is 91.8 Å². The number of rotatable bonds is 28. The summed E-state index contributed by atoms with van der Waals surface area (Å²) in [6.07, 6.45) is 23.7. The number of thiophene rings is 7. The highest BCUT2D eigenvalue weighted by atomic mass is 32.1. The molecule has 0 N–H and O–H groups in total. The second kappa shape index (κ2) is 25.5. The van der Waals surface area contributed by atoms with Crippen LogP contribution in [0.3, 0.4) is 0 Å². The van der Waals surface area contributed by atoms with Crippen LogP contribution in [0.5, 0.6) is 0 Å². The Labute approximate surface area is 520 Å². The molecule has 4 atom stereocenters. The molecule has 2 aromatic carbocycles. The molecule has 0 saturated carbocycles. The van der Waals surface area contributed by atoms with Gasteiger partial charge in [0.15, 0.2) is 0 Å². The van der Waals surface area contributed by atoms with Crippen molar-refractivity contribution in [3.63, 3.8) is 0 Å². The second-order valence-corrected chi connectivity index (χ2v) is 32.3. The number of hydrogen-bond acceptors (Lipinski definition) is 13. The predicted molar refractivity (Wildman–Crippen MR) is 364 cm³/mol. The second-order valence-electron chi connectivity index (χ2n) is 23.6. The van der Waals surface area contributed by atoms with Crippen molar-refractivity contribution >= 4 is 153 Å². The van der Waals surface area contributed by atoms with Gasteiger partial charge in [0.25, 0.3) is 0 Å². The van der Waals surface area contributed by atoms with Crippen LogP contribution in [0, 0.1) is 35.3 Å². The Morgan fingerprint density at radius 1 is 0.415 bits per heavy atom. The third kappa shape index (κ3) is 11.1. The summed E-state index contributed by atoms with van der Waals surface area (Å²) in [5.74, 6) is 1.99. The number of fused-ring (bicyclic) bond motifs is 9. The van der Waals surface area contributed by atoms with Gasteiger partial charge in [0, 0.05) is 79.7 Å². The standard InChI is InChI=1S/C67H76F2N4S9/c1-9-17-21-37(13-5)25-41-27-50-52(74-41)32-48(76-50)43-29-46(68)57(62-60(43)70-81-72-62)54-31-45-64(78-54)66-59(67(45,35-39(15-7)23-19-11-3)36-40(16-8)24-20-12-4)65-56(80-66)34-55(79-65)58-47(69)30-44(61-63(58)73-82-71-61)49-33-53-51(77-49)28-42(75-53)26-38(14-6)22-18-10-2/h27-34,37-40H,9-26,35-36H2,1-8H3. The zero-order valence-corrected chi connectivity index (χ0v) is 56.1. The summed E-state index contributed by atoms with van der Waals surface area (Å²) in [6.45, 7) is 18.6. The van der Waals surface area contributed by atoms with Crippen molar-refractivity contribution in [3.8, 4) is 51.5 Å². The van der Waals surface area contributed by atoms with Crippen molar-refractivity contribution in [2.75, 3.05) is 0 Å². The Hall–Kier alpha value is -3.38. The molecule has 0 radical (unpaired) electrons. The van der Waals surface area contributed by atoms with E-state index in [4.69, 9.17) is 17.5 Å². The number of nitrogens with zero attached hydrogens (tertiary/aromatic N) is 4. The summed E-state index contributed by atoms with van der Waals surface area (Å²) in [7, 11) is 0. The first kappa shape index (κ1) is 59.0. The normalized spacial score (nSPS) is 16.0. The van der Waals surface area contributed by atoms with E-state index in [0.29, 0.717) is 39.9 Å². The Morgan fingerprint density at radius 3 is 1.29 bits per heavy atom. The van der Waals surface area contributed by atoms with Gasteiger partial charge in [0.1, 0.15) is 33.7 Å². The molecule has 15 heteroatoms. The van der Waals surface area contributed by atoms with Crippen LogP contribution >= 0.6 is 103 Å². The van der Waals surface area contributed by atoms with E-state index < -0.39 is 0 Å². The van der Waals surface area contributed by atoms with Gasteiger partial charge in [-0.2, -0.15) is 17.5 Å². The molecule has 9 aromatic heterocycles. The van der Waals surface area contributed by atoms with Crippen LogP contribution in [-0.2, 0) is 18.3 Å². The Bertz CT molecular complexity index is 3920. The molecule has 4 nitrogen and oxygen atoms in total. The number of benzene rings is 2. The maximum atomic E-state index is 17.5. The number of aromatic nitrogens is 4. The minimum Gasteiger partial charge on any atom is -0.206 e. The van der Waals surface area contributed by atoms with Crippen molar-refractivity contribution in [3.05, 3.63) is 81.0 Å². The highest BCUT2D eigenvalue weighted by Crippen LogP contribution is 2.66. The fourth-order valence-corrected chi connectivity index (χ4v) is 24.1. The van der Waals surface area contributed by atoms with Gasteiger partial charge >= 0.3 is 0 Å². The topological polar surface area (TPSA) is 51.6 Å². The number of halogens is 2. The van der Waals surface area contributed by atoms with Gasteiger partial charge in [-0.3, -0.25) is 0 Å². The molecule has 12 rings (SSSR count). The summed E-state index contributed by atoms with van der Waals surface area (Å²) in [4.78, 5) is 9.45. The van der Waals surface area contributed by atoms with Crippen LogP contribution in [0.25, 0.3) is 102 Å². The van der Waals surface area contributed by atoms with E-state index in [1.54, 1.807) is 57.5 Å². The van der Waals surface area contributed by atoms with Gasteiger partial charge in [-0.05, 0) is 103 Å². The van der Waals surface area contributed by atoms with Crippen LogP contribution in [0.4, 0.5) is 8.78 Å². The van der Waals surface area contributed by atoms with E-state index >= 15 is 8.78 Å². The maximum absolute atomic E-state index is 17.5. The molecule has 4 unspecified atom stereocenters. The average Bonchev–Trinajstić information content (AvgIpc) is 2.52. The molecule has 0 spiro atoms. The third-order valence-electron chi connectivity index (χ3n) is 18.2. The van der Waals surface area contributed by atoms with Gasteiger partial charge in [0.05, 0.1) is 44.2 Å². The summed E-state index contributed by atoms with van der Waals surface area (Å²) >= 11 is 15.0. The SMILES string of the molecule is CCCCC(CC)Cc1cc2sc(-c3cc(F)c(-c4cc5c(s4)-c4sc6cc(-c7c(F)cc(-c8cc9sc(CC(CC)CCCC)cc9s8)c8nsnc78)sc6c4C5(CC(CC)CCCC)CC(CC)CCCC)c4nsnc34)cc2s1. The first-order chi connectivity index (χ1) is 40.0. The van der Waals surface area contributed by atoms with Crippen LogP contribution in [0.2, 0.25) is 0 Å².